The first kappa shape index (κ1) is 16.8. The van der Waals surface area contributed by atoms with Crippen LogP contribution in [-0.2, 0) is 25.4 Å². The lowest BCUT2D eigenvalue weighted by Crippen LogP contribution is -2.35. The molecule has 1 aliphatic heterocycles. The molecular weight excluding hydrogens is 301 g/mol. The fourth-order valence-electron chi connectivity index (χ4n) is 2.23. The van der Waals surface area contributed by atoms with Gasteiger partial charge in [0.15, 0.2) is 0 Å². The Hall–Kier alpha value is -1.60. The summed E-state index contributed by atoms with van der Waals surface area (Å²) in [6.07, 6.45) is -1.53. The summed E-state index contributed by atoms with van der Waals surface area (Å²) in [5.41, 5.74) is 1.34. The van der Waals surface area contributed by atoms with E-state index < -0.39 is 18.9 Å². The highest BCUT2D eigenvalue weighted by atomic mass is 19.3. The monoisotopic (exact) mass is 318 g/mol. The van der Waals surface area contributed by atoms with Crippen molar-refractivity contribution in [3.05, 3.63) is 35.1 Å². The summed E-state index contributed by atoms with van der Waals surface area (Å²) in [5.74, 6) is -2.44. The molecule has 2 rings (SSSR count). The number of esters is 1. The van der Waals surface area contributed by atoms with Crippen molar-refractivity contribution < 1.29 is 32.2 Å². The molecule has 7 heteroatoms. The first-order valence-corrected chi connectivity index (χ1v) is 7.01. The molecule has 0 amide bonds. The number of rotatable bonds is 5. The van der Waals surface area contributed by atoms with E-state index in [4.69, 9.17) is 9.47 Å². The number of aryl methyl sites for hydroxylation is 1. The third kappa shape index (κ3) is 4.20. The van der Waals surface area contributed by atoms with Crippen LogP contribution in [0.2, 0.25) is 0 Å². The lowest BCUT2D eigenvalue weighted by Gasteiger charge is -2.29. The van der Waals surface area contributed by atoms with Gasteiger partial charge in [0.05, 0.1) is 13.2 Å². The van der Waals surface area contributed by atoms with Crippen LogP contribution in [0.15, 0.2) is 18.2 Å². The molecular formula is C15H17F3O4. The van der Waals surface area contributed by atoms with Gasteiger partial charge >= 0.3 is 18.9 Å². The third-order valence-corrected chi connectivity index (χ3v) is 3.30. The van der Waals surface area contributed by atoms with E-state index >= 15 is 0 Å². The minimum absolute atomic E-state index is 0.0191. The summed E-state index contributed by atoms with van der Waals surface area (Å²) in [4.78, 5) is 10.7. The van der Waals surface area contributed by atoms with Gasteiger partial charge in [-0.2, -0.15) is 8.78 Å². The number of ether oxygens (including phenoxy) is 3. The highest BCUT2D eigenvalue weighted by Crippen LogP contribution is 2.26. The molecule has 0 atom stereocenters. The van der Waals surface area contributed by atoms with Crippen molar-refractivity contribution in [3.8, 4) is 0 Å². The van der Waals surface area contributed by atoms with Crippen LogP contribution in [0.25, 0.3) is 0 Å². The van der Waals surface area contributed by atoms with Crippen molar-refractivity contribution in [2.45, 2.75) is 38.6 Å². The average molecular weight is 318 g/mol. The summed E-state index contributed by atoms with van der Waals surface area (Å²) in [5, 5.41) is 0. The van der Waals surface area contributed by atoms with Crippen LogP contribution in [0.3, 0.4) is 0 Å². The maximum absolute atomic E-state index is 14.1. The standard InChI is InChI=1S/C15H17F3O4/c1-2-3-9-4-5-11(12(16)6-9)10-7-20-15(21-8-10)22-14(19)13(17)18/h4-6,10,13,15H,2-3,7-8H2,1H3. The highest BCUT2D eigenvalue weighted by Gasteiger charge is 2.30. The fourth-order valence-corrected chi connectivity index (χ4v) is 2.23. The maximum Gasteiger partial charge on any atom is 0.377 e. The maximum atomic E-state index is 14.1. The second-order valence-corrected chi connectivity index (χ2v) is 5.00. The van der Waals surface area contributed by atoms with Gasteiger partial charge in [-0.3, -0.25) is 0 Å². The minimum Gasteiger partial charge on any atom is -0.406 e. The Morgan fingerprint density at radius 2 is 2.05 bits per heavy atom. The molecule has 0 N–H and O–H groups in total. The number of hydrogen-bond acceptors (Lipinski definition) is 4. The summed E-state index contributed by atoms with van der Waals surface area (Å²) in [6, 6.07) is 4.98. The van der Waals surface area contributed by atoms with Gasteiger partial charge in [0, 0.05) is 5.92 Å². The fraction of sp³-hybridized carbons (Fsp3) is 0.533. The van der Waals surface area contributed by atoms with Crippen molar-refractivity contribution in [2.75, 3.05) is 13.2 Å². The van der Waals surface area contributed by atoms with E-state index in [-0.39, 0.29) is 24.9 Å². The van der Waals surface area contributed by atoms with Crippen molar-refractivity contribution >= 4 is 5.97 Å². The van der Waals surface area contributed by atoms with Gasteiger partial charge in [-0.25, -0.2) is 9.18 Å². The molecule has 0 spiro atoms. The Morgan fingerprint density at radius 3 is 2.59 bits per heavy atom. The summed E-state index contributed by atoms with van der Waals surface area (Å²) < 4.78 is 52.5. The van der Waals surface area contributed by atoms with Gasteiger partial charge in [-0.15, -0.1) is 0 Å². The van der Waals surface area contributed by atoms with Gasteiger partial charge in [-0.05, 0) is 23.6 Å². The normalized spacial score (nSPS) is 21.9. The highest BCUT2D eigenvalue weighted by molar-refractivity contribution is 5.72. The molecule has 122 valence electrons. The molecule has 0 radical (unpaired) electrons. The molecule has 1 aromatic carbocycles. The predicted molar refractivity (Wildman–Crippen MR) is 70.9 cm³/mol. The molecule has 1 fully saturated rings. The first-order valence-electron chi connectivity index (χ1n) is 7.01. The number of halogens is 3. The SMILES string of the molecule is CCCc1ccc(C2COC(OC(=O)C(F)F)OC2)c(F)c1. The second kappa shape index (κ2) is 7.60. The van der Waals surface area contributed by atoms with E-state index in [1.807, 2.05) is 13.0 Å². The van der Waals surface area contributed by atoms with E-state index in [9.17, 15) is 18.0 Å². The zero-order valence-electron chi connectivity index (χ0n) is 12.1. The van der Waals surface area contributed by atoms with Gasteiger partial charge in [-0.1, -0.05) is 25.5 Å². The zero-order chi connectivity index (χ0) is 16.1. The van der Waals surface area contributed by atoms with Crippen LogP contribution >= 0.6 is 0 Å². The van der Waals surface area contributed by atoms with E-state index in [1.54, 1.807) is 6.07 Å². The Morgan fingerprint density at radius 1 is 1.36 bits per heavy atom. The molecule has 0 unspecified atom stereocenters. The molecule has 1 aliphatic rings. The van der Waals surface area contributed by atoms with Crippen LogP contribution < -0.4 is 0 Å². The molecule has 0 saturated carbocycles. The van der Waals surface area contributed by atoms with Crippen molar-refractivity contribution in [1.29, 1.82) is 0 Å². The van der Waals surface area contributed by atoms with Crippen molar-refractivity contribution in [3.63, 3.8) is 0 Å². The minimum atomic E-state index is -3.24. The van der Waals surface area contributed by atoms with E-state index in [2.05, 4.69) is 4.74 Å². The Kier molecular flexibility index (Phi) is 5.79. The van der Waals surface area contributed by atoms with Crippen LogP contribution in [0.4, 0.5) is 13.2 Å². The molecule has 0 bridgehead atoms. The average Bonchev–Trinajstić information content (AvgIpc) is 2.49. The third-order valence-electron chi connectivity index (χ3n) is 3.30. The number of benzene rings is 1. The largest absolute Gasteiger partial charge is 0.406 e. The predicted octanol–water partition coefficient (Wildman–Crippen LogP) is 3.00. The zero-order valence-corrected chi connectivity index (χ0v) is 12.1. The number of carbonyl (C=O) groups excluding carboxylic acids is 1. The molecule has 0 aliphatic carbocycles. The van der Waals surface area contributed by atoms with Gasteiger partial charge in [0.1, 0.15) is 5.82 Å². The number of hydrogen-bond donors (Lipinski definition) is 0. The van der Waals surface area contributed by atoms with Gasteiger partial charge in [0.2, 0.25) is 0 Å². The lowest BCUT2D eigenvalue weighted by molar-refractivity contribution is -0.304. The lowest BCUT2D eigenvalue weighted by atomic mass is 9.97. The smallest absolute Gasteiger partial charge is 0.377 e. The van der Waals surface area contributed by atoms with E-state index in [0.29, 0.717) is 5.56 Å². The molecule has 1 aromatic rings. The Balaban J connectivity index is 1.93. The summed E-state index contributed by atoms with van der Waals surface area (Å²) in [6.45, 7) is 0.575. The quantitative estimate of drug-likeness (QED) is 0.783. The van der Waals surface area contributed by atoms with E-state index in [0.717, 1.165) is 18.4 Å². The number of alkyl halides is 2. The van der Waals surface area contributed by atoms with Gasteiger partial charge in [0.25, 0.3) is 0 Å². The molecule has 0 aromatic heterocycles. The second-order valence-electron chi connectivity index (χ2n) is 5.00. The van der Waals surface area contributed by atoms with Gasteiger partial charge < -0.3 is 14.2 Å². The van der Waals surface area contributed by atoms with Crippen LogP contribution in [0.1, 0.15) is 30.4 Å². The van der Waals surface area contributed by atoms with Crippen molar-refractivity contribution in [1.82, 2.24) is 0 Å². The van der Waals surface area contributed by atoms with Crippen LogP contribution in [0.5, 0.6) is 0 Å². The topological polar surface area (TPSA) is 44.8 Å². The Bertz CT molecular complexity index is 514. The van der Waals surface area contributed by atoms with E-state index in [1.165, 1.54) is 6.07 Å². The molecule has 4 nitrogen and oxygen atoms in total. The Labute approximate surface area is 126 Å². The summed E-state index contributed by atoms with van der Waals surface area (Å²) in [7, 11) is 0. The van der Waals surface area contributed by atoms with Crippen LogP contribution in [-0.4, -0.2) is 32.1 Å². The molecule has 22 heavy (non-hydrogen) atoms. The first-order chi connectivity index (χ1) is 10.5. The van der Waals surface area contributed by atoms with Crippen LogP contribution in [0, 0.1) is 5.82 Å². The molecule has 1 saturated heterocycles. The number of carbonyl (C=O) groups is 1. The summed E-state index contributed by atoms with van der Waals surface area (Å²) >= 11 is 0. The molecule has 1 heterocycles. The van der Waals surface area contributed by atoms with Crippen molar-refractivity contribution in [2.24, 2.45) is 0 Å².